The first kappa shape index (κ1) is 45.2. The first-order valence-corrected chi connectivity index (χ1v) is 25.0. The molecule has 0 N–H and O–H groups in total. The molecule has 12 rings (SSSR count). The van der Waals surface area contributed by atoms with Gasteiger partial charge >= 0.3 is 0 Å². The minimum absolute atomic E-state index is 0.197. The van der Waals surface area contributed by atoms with Gasteiger partial charge in [-0.15, -0.1) is 0 Å². The molecule has 0 unspecified atom stereocenters. The molecule has 0 radical (unpaired) electrons. The Hall–Kier alpha value is -9.21. The van der Waals surface area contributed by atoms with E-state index in [0.717, 1.165) is 77.9 Å². The lowest BCUT2D eigenvalue weighted by Gasteiger charge is -2.27. The fourth-order valence-electron chi connectivity index (χ4n) is 9.13. The Kier molecular flexibility index (Phi) is 12.1. The van der Waals surface area contributed by atoms with Crippen LogP contribution in [0.3, 0.4) is 0 Å². The molecular formula is C57H46N12O2S. The molecule has 0 bridgehead atoms. The summed E-state index contributed by atoms with van der Waals surface area (Å²) in [4.78, 5) is 40.1. The van der Waals surface area contributed by atoms with Crippen molar-refractivity contribution in [1.82, 2.24) is 49.0 Å². The largest absolute Gasteiger partial charge is 0.351 e. The van der Waals surface area contributed by atoms with Crippen molar-refractivity contribution in [2.75, 3.05) is 16.1 Å². The summed E-state index contributed by atoms with van der Waals surface area (Å²) < 4.78 is 29.8. The predicted octanol–water partition coefficient (Wildman–Crippen LogP) is 11.2. The fourth-order valence-corrected chi connectivity index (χ4v) is 9.98. The lowest BCUT2D eigenvalue weighted by atomic mass is 10.0. The van der Waals surface area contributed by atoms with Gasteiger partial charge in [-0.3, -0.25) is 39.9 Å². The van der Waals surface area contributed by atoms with Gasteiger partial charge in [-0.05, 0) is 118 Å². The van der Waals surface area contributed by atoms with Gasteiger partial charge < -0.3 is 18.9 Å². The van der Waals surface area contributed by atoms with Crippen LogP contribution in [0.5, 0.6) is 0 Å². The van der Waals surface area contributed by atoms with Gasteiger partial charge in [0.2, 0.25) is 0 Å². The molecule has 4 aromatic carbocycles. The van der Waals surface area contributed by atoms with E-state index in [1.165, 1.54) is 29.4 Å². The summed E-state index contributed by atoms with van der Waals surface area (Å²) in [5.41, 5.74) is 14.9. The van der Waals surface area contributed by atoms with E-state index in [0.29, 0.717) is 24.3 Å². The number of nitrogens with zero attached hydrogens (tertiary/aromatic N) is 12. The number of benzene rings is 4. The number of rotatable bonds is 11. The van der Waals surface area contributed by atoms with Gasteiger partial charge in [0.05, 0.1) is 50.7 Å². The van der Waals surface area contributed by atoms with E-state index in [1.807, 2.05) is 79.2 Å². The molecule has 15 heteroatoms. The van der Waals surface area contributed by atoms with E-state index in [2.05, 4.69) is 129 Å². The van der Waals surface area contributed by atoms with E-state index in [9.17, 15) is 8.42 Å². The number of aryl methyl sites for hydroxylation is 2. The van der Waals surface area contributed by atoms with Crippen LogP contribution < -0.4 is 9.80 Å². The zero-order chi connectivity index (χ0) is 49.2. The summed E-state index contributed by atoms with van der Waals surface area (Å²) >= 11 is 0. The van der Waals surface area contributed by atoms with E-state index in [1.54, 1.807) is 49.6 Å². The van der Waals surface area contributed by atoms with Gasteiger partial charge in [-0.2, -0.15) is 0 Å². The minimum Gasteiger partial charge on any atom is -0.351 e. The standard InChI is InChI=1S/C29H24N6O2S.C28H22N6/c1-34-13-8-21-5-6-22(14-26(21)34)24-15-23(16-25-29(24)33-12-11-32-25)35(19-20-4-3-9-30-17-20)27-18-31-10-7-28(27)38(2,36)37;1-33-14-8-21-4-5-22(15-27(21)33)25-16-24(17-26-28(25)32-13-12-31-26)34(23-3-2-9-30-18-23)19-20-6-10-29-11-7-20/h3-18H,19H2,1-2H3;2-18H,19H2,1H3. The van der Waals surface area contributed by atoms with Crippen LogP contribution in [0.1, 0.15) is 11.1 Å². The van der Waals surface area contributed by atoms with E-state index in [-0.39, 0.29) is 4.90 Å². The van der Waals surface area contributed by atoms with Crippen LogP contribution in [0, 0.1) is 0 Å². The Labute approximate surface area is 415 Å². The predicted molar refractivity (Wildman–Crippen MR) is 285 cm³/mol. The number of aromatic nitrogens is 10. The molecule has 14 nitrogen and oxygen atoms in total. The van der Waals surface area contributed by atoms with Crippen LogP contribution in [-0.2, 0) is 37.0 Å². The minimum atomic E-state index is -3.53. The Morgan fingerprint density at radius 1 is 0.472 bits per heavy atom. The second kappa shape index (κ2) is 19.3. The number of sulfone groups is 1. The zero-order valence-electron chi connectivity index (χ0n) is 39.6. The lowest BCUT2D eigenvalue weighted by Crippen LogP contribution is -2.20. The molecule has 0 saturated heterocycles. The van der Waals surface area contributed by atoms with Gasteiger partial charge in [-0.25, -0.2) is 8.42 Å². The van der Waals surface area contributed by atoms with Crippen molar-refractivity contribution >= 4 is 76.5 Å². The van der Waals surface area contributed by atoms with Gasteiger partial charge in [0, 0.05) is 141 Å². The number of fused-ring (bicyclic) bond motifs is 4. The summed E-state index contributed by atoms with van der Waals surface area (Å²) in [5, 5.41) is 2.36. The Morgan fingerprint density at radius 2 is 1.01 bits per heavy atom. The number of hydrogen-bond donors (Lipinski definition) is 0. The van der Waals surface area contributed by atoms with Gasteiger partial charge in [0.1, 0.15) is 0 Å². The SMILES string of the molecule is Cn1ccc2ccc(-c3cc(N(Cc4cccnc4)c4cnccc4S(C)(=O)=O)cc4nccnc34)cc21.Cn1ccc2ccc(-c3cc(N(Cc4ccncc4)c4cccnc4)cc4nccnc34)cc21. The number of anilines is 4. The molecule has 8 aromatic heterocycles. The third kappa shape index (κ3) is 9.19. The smallest absolute Gasteiger partial charge is 0.177 e. The third-order valence-electron chi connectivity index (χ3n) is 12.7. The van der Waals surface area contributed by atoms with Crippen LogP contribution >= 0.6 is 0 Å². The number of pyridine rings is 4. The molecule has 352 valence electrons. The van der Waals surface area contributed by atoms with Crippen molar-refractivity contribution in [3.8, 4) is 22.3 Å². The molecule has 0 saturated carbocycles. The summed E-state index contributed by atoms with van der Waals surface area (Å²) in [6, 6.07) is 38.8. The highest BCUT2D eigenvalue weighted by molar-refractivity contribution is 7.90. The Balaban J connectivity index is 0.000000157. The van der Waals surface area contributed by atoms with Crippen LogP contribution in [0.4, 0.5) is 22.7 Å². The lowest BCUT2D eigenvalue weighted by molar-refractivity contribution is 0.601. The molecule has 0 aliphatic carbocycles. The average Bonchev–Trinajstić information content (AvgIpc) is 3.99. The third-order valence-corrected chi connectivity index (χ3v) is 13.8. The van der Waals surface area contributed by atoms with E-state index in [4.69, 9.17) is 4.98 Å². The molecule has 12 aromatic rings. The molecule has 0 fully saturated rings. The second-order valence-electron chi connectivity index (χ2n) is 17.5. The highest BCUT2D eigenvalue weighted by Crippen LogP contribution is 2.40. The molecule has 0 aliphatic heterocycles. The topological polar surface area (TPSA) is 154 Å². The van der Waals surface area contributed by atoms with E-state index < -0.39 is 9.84 Å². The normalized spacial score (nSPS) is 11.5. The van der Waals surface area contributed by atoms with E-state index >= 15 is 0 Å². The molecule has 72 heavy (non-hydrogen) atoms. The molecule has 0 aliphatic rings. The maximum Gasteiger partial charge on any atom is 0.177 e. The molecular weight excluding hydrogens is 917 g/mol. The summed E-state index contributed by atoms with van der Waals surface area (Å²) in [6.45, 7) is 1.06. The highest BCUT2D eigenvalue weighted by atomic mass is 32.2. The maximum atomic E-state index is 12.8. The molecule has 0 atom stereocenters. The van der Waals surface area contributed by atoms with Gasteiger partial charge in [-0.1, -0.05) is 30.3 Å². The summed E-state index contributed by atoms with van der Waals surface area (Å²) in [5.74, 6) is 0. The second-order valence-corrected chi connectivity index (χ2v) is 19.4. The summed E-state index contributed by atoms with van der Waals surface area (Å²) in [6.07, 6.45) is 26.1. The van der Waals surface area contributed by atoms with Crippen molar-refractivity contribution in [2.24, 2.45) is 14.1 Å². The first-order valence-electron chi connectivity index (χ1n) is 23.1. The van der Waals surface area contributed by atoms with Crippen molar-refractivity contribution < 1.29 is 8.42 Å². The Morgan fingerprint density at radius 3 is 1.58 bits per heavy atom. The fraction of sp³-hybridized carbons (Fsp3) is 0.0877. The highest BCUT2D eigenvalue weighted by Gasteiger charge is 2.23. The summed E-state index contributed by atoms with van der Waals surface area (Å²) in [7, 11) is 0.554. The van der Waals surface area contributed by atoms with Gasteiger partial charge in [0.15, 0.2) is 9.84 Å². The molecule has 8 heterocycles. The zero-order valence-corrected chi connectivity index (χ0v) is 40.4. The van der Waals surface area contributed by atoms with Crippen LogP contribution in [0.2, 0.25) is 0 Å². The van der Waals surface area contributed by atoms with Gasteiger partial charge in [0.25, 0.3) is 0 Å². The molecule has 0 spiro atoms. The van der Waals surface area contributed by atoms with Crippen LogP contribution in [0.15, 0.2) is 207 Å². The van der Waals surface area contributed by atoms with Crippen molar-refractivity contribution in [2.45, 2.75) is 18.0 Å². The molecule has 0 amide bonds. The van der Waals surface area contributed by atoms with Crippen LogP contribution in [0.25, 0.3) is 66.1 Å². The quantitative estimate of drug-likeness (QED) is 0.121. The van der Waals surface area contributed by atoms with Crippen molar-refractivity contribution in [3.63, 3.8) is 0 Å². The van der Waals surface area contributed by atoms with Crippen molar-refractivity contribution in [1.29, 1.82) is 0 Å². The monoisotopic (exact) mass is 962 g/mol. The Bertz CT molecular complexity index is 4020. The number of hydrogen-bond acceptors (Lipinski definition) is 12. The maximum absolute atomic E-state index is 12.8. The van der Waals surface area contributed by atoms with Crippen molar-refractivity contribution in [3.05, 3.63) is 213 Å². The average molecular weight is 963 g/mol. The first-order chi connectivity index (χ1) is 35.1. The van der Waals surface area contributed by atoms with Crippen LogP contribution in [-0.4, -0.2) is 63.7 Å².